The third-order valence-electron chi connectivity index (χ3n) is 10.7. The fourth-order valence-electron chi connectivity index (χ4n) is 7.27. The lowest BCUT2D eigenvalue weighted by Crippen LogP contribution is -2.61. The van der Waals surface area contributed by atoms with Gasteiger partial charge in [-0.3, -0.25) is 28.9 Å². The molecule has 0 radical (unpaired) electrons. The zero-order valence-electron chi connectivity index (χ0n) is 35.6. The molecule has 1 aliphatic carbocycles. The number of benzene rings is 3. The van der Waals surface area contributed by atoms with Crippen molar-refractivity contribution in [3.05, 3.63) is 86.3 Å². The van der Waals surface area contributed by atoms with E-state index >= 15 is 0 Å². The number of anilines is 1. The van der Waals surface area contributed by atoms with Crippen LogP contribution in [0.25, 0.3) is 22.2 Å². The van der Waals surface area contributed by atoms with Crippen LogP contribution in [0.1, 0.15) is 34.3 Å². The summed E-state index contributed by atoms with van der Waals surface area (Å²) >= 11 is 6.12. The Hall–Kier alpha value is -5.96. The van der Waals surface area contributed by atoms with Gasteiger partial charge in [-0.1, -0.05) is 42.5 Å². The molecule has 6 N–H and O–H groups in total. The van der Waals surface area contributed by atoms with Crippen molar-refractivity contribution in [1.82, 2.24) is 20.0 Å². The molecule has 68 heavy (non-hydrogen) atoms. The Balaban J connectivity index is 0.894. The average molecular weight is 1070 g/mol. The van der Waals surface area contributed by atoms with Crippen LogP contribution in [0.4, 0.5) is 10.5 Å². The highest BCUT2D eigenvalue weighted by atomic mass is 79.9. The maximum absolute atomic E-state index is 13.5. The van der Waals surface area contributed by atoms with Crippen LogP contribution in [-0.4, -0.2) is 160 Å². The number of hydrogen-bond donors (Lipinski definition) is 6. The predicted molar refractivity (Wildman–Crippen MR) is 241 cm³/mol. The SMILES string of the molecule is O=C(CCOCCOCCOCCN1C(=O)C(Br)=C(Br)C1=O)NCCC(=O)Nc1cc(COC(=O)n2nc3c4c(cccc42)C(=O)c2ccccc2-3)ccc1O[C@@H]1O[C@H](C(=O)O)[C@@H](O)[C@H](O)[C@H]1O. The van der Waals surface area contributed by atoms with Crippen molar-refractivity contribution in [2.45, 2.75) is 50.2 Å². The Morgan fingerprint density at radius 3 is 2.12 bits per heavy atom. The first-order chi connectivity index (χ1) is 32.7. The molecule has 3 aromatic carbocycles. The van der Waals surface area contributed by atoms with E-state index in [1.807, 2.05) is 0 Å². The highest BCUT2D eigenvalue weighted by molar-refractivity contribution is 9.14. The number of nitrogens with zero attached hydrogens (tertiary/aromatic N) is 3. The fraction of sp³-hybridized carbons (Fsp3) is 0.364. The number of carboxylic acid groups (broad SMARTS) is 1. The number of ether oxygens (including phenoxy) is 6. The molecule has 360 valence electrons. The zero-order valence-corrected chi connectivity index (χ0v) is 38.8. The number of fused-ring (bicyclic) bond motifs is 2. The molecule has 3 heterocycles. The molecule has 0 bridgehead atoms. The summed E-state index contributed by atoms with van der Waals surface area (Å²) in [5.41, 5.74) is 2.41. The van der Waals surface area contributed by atoms with Crippen molar-refractivity contribution in [3.63, 3.8) is 0 Å². The smallest absolute Gasteiger partial charge is 0.435 e. The molecule has 0 unspecified atom stereocenters. The first-order valence-corrected chi connectivity index (χ1v) is 22.5. The summed E-state index contributed by atoms with van der Waals surface area (Å²) in [5.74, 6) is -3.96. The number of aliphatic hydroxyl groups is 3. The lowest BCUT2D eigenvalue weighted by atomic mass is 9.87. The summed E-state index contributed by atoms with van der Waals surface area (Å²) in [6.45, 7) is 0.633. The number of halogens is 2. The van der Waals surface area contributed by atoms with Crippen LogP contribution in [-0.2, 0) is 54.3 Å². The van der Waals surface area contributed by atoms with E-state index in [0.29, 0.717) is 38.9 Å². The third kappa shape index (κ3) is 11.1. The van der Waals surface area contributed by atoms with Crippen molar-refractivity contribution in [2.24, 2.45) is 0 Å². The third-order valence-corrected chi connectivity index (χ3v) is 12.7. The van der Waals surface area contributed by atoms with Crippen LogP contribution in [0.3, 0.4) is 0 Å². The van der Waals surface area contributed by atoms with Gasteiger partial charge in [0, 0.05) is 41.5 Å². The monoisotopic (exact) mass is 1070 g/mol. The number of rotatable bonds is 21. The van der Waals surface area contributed by atoms with E-state index in [-0.39, 0.29) is 98.4 Å². The van der Waals surface area contributed by atoms with Gasteiger partial charge in [0.05, 0.1) is 57.4 Å². The second-order valence-corrected chi connectivity index (χ2v) is 16.8. The van der Waals surface area contributed by atoms with Gasteiger partial charge in [-0.25, -0.2) is 9.59 Å². The highest BCUT2D eigenvalue weighted by Crippen LogP contribution is 2.39. The molecule has 1 aromatic heterocycles. The van der Waals surface area contributed by atoms with Crippen LogP contribution in [0, 0.1) is 0 Å². The van der Waals surface area contributed by atoms with Gasteiger partial charge >= 0.3 is 12.1 Å². The largest absolute Gasteiger partial charge is 0.479 e. The van der Waals surface area contributed by atoms with E-state index in [1.165, 1.54) is 18.2 Å². The number of ketones is 1. The summed E-state index contributed by atoms with van der Waals surface area (Å²) in [5, 5.41) is 50.8. The van der Waals surface area contributed by atoms with E-state index < -0.39 is 66.4 Å². The minimum absolute atomic E-state index is 0.0255. The number of aliphatic hydroxyl groups excluding tert-OH is 3. The van der Waals surface area contributed by atoms with Crippen molar-refractivity contribution < 1.29 is 82.4 Å². The van der Waals surface area contributed by atoms with Gasteiger partial charge in [0.15, 0.2) is 11.9 Å². The Morgan fingerprint density at radius 2 is 1.41 bits per heavy atom. The van der Waals surface area contributed by atoms with Gasteiger partial charge in [-0.15, -0.1) is 0 Å². The fourth-order valence-corrected chi connectivity index (χ4v) is 8.03. The van der Waals surface area contributed by atoms with Gasteiger partial charge < -0.3 is 59.5 Å². The molecular weight excluding hydrogens is 1030 g/mol. The first-order valence-electron chi connectivity index (χ1n) is 20.9. The summed E-state index contributed by atoms with van der Waals surface area (Å²) in [4.78, 5) is 89.3. The minimum atomic E-state index is -1.99. The normalized spacial score (nSPS) is 19.9. The summed E-state index contributed by atoms with van der Waals surface area (Å²) in [6.07, 6.45) is -10.8. The van der Waals surface area contributed by atoms with E-state index in [2.05, 4.69) is 47.6 Å². The Kier molecular flexibility index (Phi) is 16.5. The molecule has 7 rings (SSSR count). The van der Waals surface area contributed by atoms with Gasteiger partial charge in [-0.2, -0.15) is 9.78 Å². The molecule has 2 aliphatic heterocycles. The minimum Gasteiger partial charge on any atom is -0.479 e. The molecule has 1 fully saturated rings. The van der Waals surface area contributed by atoms with E-state index in [9.17, 15) is 54.0 Å². The number of nitrogens with one attached hydrogen (secondary N) is 2. The number of imide groups is 1. The highest BCUT2D eigenvalue weighted by Gasteiger charge is 2.48. The zero-order chi connectivity index (χ0) is 48.6. The Bertz CT molecular complexity index is 2630. The molecule has 0 spiro atoms. The standard InChI is InChI=1S/C44H43Br2N5O17/c45-32-33(46)41(59)50(40(32)58)13-15-64-17-19-65-18-16-63-14-11-29(52)47-12-10-30(53)48-26-20-22(8-9-28(26)67-43-38(57)36(55)37(56)39(68-43)42(60)61)21-66-44(62)51-27-7-3-6-25-31(27)34(49-51)23-4-1-2-5-24(23)35(25)54/h1-9,20,36-39,43,55-57H,10-19,21H2,(H,47,52)(H,48,53)(H,60,61)/t36-,37-,38+,39-,43+/m0/s1. The summed E-state index contributed by atoms with van der Waals surface area (Å²) in [7, 11) is 0. The van der Waals surface area contributed by atoms with E-state index in [4.69, 9.17) is 28.4 Å². The van der Waals surface area contributed by atoms with E-state index in [0.717, 1.165) is 9.58 Å². The first kappa shape index (κ1) is 49.9. The lowest BCUT2D eigenvalue weighted by molar-refractivity contribution is -0.271. The molecule has 5 atom stereocenters. The van der Waals surface area contributed by atoms with Crippen LogP contribution in [0.15, 0.2) is 69.6 Å². The number of carbonyl (C=O) groups excluding carboxylic acids is 6. The van der Waals surface area contributed by atoms with Crippen molar-refractivity contribution in [3.8, 4) is 17.0 Å². The topological polar surface area (TPSA) is 301 Å². The van der Waals surface area contributed by atoms with Crippen LogP contribution >= 0.6 is 31.9 Å². The molecule has 22 nitrogen and oxygen atoms in total. The number of aromatic nitrogens is 2. The number of amides is 4. The quantitative estimate of drug-likeness (QED) is 0.0452. The van der Waals surface area contributed by atoms with Crippen LogP contribution in [0.2, 0.25) is 0 Å². The molecule has 3 aliphatic rings. The predicted octanol–water partition coefficient (Wildman–Crippen LogP) is 1.96. The van der Waals surface area contributed by atoms with E-state index in [1.54, 1.807) is 42.5 Å². The maximum Gasteiger partial charge on any atom is 0.435 e. The second kappa shape index (κ2) is 22.4. The molecule has 1 saturated heterocycles. The number of aliphatic carboxylic acids is 1. The summed E-state index contributed by atoms with van der Waals surface area (Å²) < 4.78 is 34.3. The van der Waals surface area contributed by atoms with Gasteiger partial charge in [-0.05, 0) is 55.6 Å². The summed E-state index contributed by atoms with van der Waals surface area (Å²) in [6, 6.07) is 15.9. The number of hydrogen-bond acceptors (Lipinski definition) is 17. The molecule has 0 saturated carbocycles. The average Bonchev–Trinajstić information content (AvgIpc) is 3.80. The number of carbonyl (C=O) groups is 7. The lowest BCUT2D eigenvalue weighted by Gasteiger charge is -2.38. The Labute approximate surface area is 402 Å². The molecule has 4 aromatic rings. The van der Waals surface area contributed by atoms with Crippen molar-refractivity contribution in [1.29, 1.82) is 0 Å². The van der Waals surface area contributed by atoms with Gasteiger partial charge in [0.25, 0.3) is 11.8 Å². The Morgan fingerprint density at radius 1 is 0.750 bits per heavy atom. The van der Waals surface area contributed by atoms with Gasteiger partial charge in [0.1, 0.15) is 45.3 Å². The molecule has 4 amide bonds. The van der Waals surface area contributed by atoms with Crippen molar-refractivity contribution in [2.75, 3.05) is 58.0 Å². The van der Waals surface area contributed by atoms with Gasteiger partial charge in [0.2, 0.25) is 18.1 Å². The second-order valence-electron chi connectivity index (χ2n) is 15.2. The molecular formula is C44H43Br2N5O17. The van der Waals surface area contributed by atoms with Crippen molar-refractivity contribution >= 4 is 89.9 Å². The van der Waals surface area contributed by atoms with Crippen LogP contribution in [0.5, 0.6) is 5.75 Å². The number of carboxylic acids is 1. The molecule has 24 heteroatoms. The maximum atomic E-state index is 13.5. The van der Waals surface area contributed by atoms with Crippen LogP contribution < -0.4 is 15.4 Å².